The average Bonchev–Trinajstić information content (AvgIpc) is 2.83. The number of nitrogens with one attached hydrogen (secondary N) is 2. The van der Waals surface area contributed by atoms with Gasteiger partial charge in [0, 0.05) is 18.9 Å². The first-order chi connectivity index (χ1) is 9.54. The predicted octanol–water partition coefficient (Wildman–Crippen LogP) is 1.80. The summed E-state index contributed by atoms with van der Waals surface area (Å²) in [5.74, 6) is 0. The number of aryl methyl sites for hydroxylation is 1. The fourth-order valence-electron chi connectivity index (χ4n) is 1.75. The molecule has 106 valence electrons. The van der Waals surface area contributed by atoms with E-state index in [0.717, 1.165) is 11.3 Å². The Hall–Kier alpha value is -2.34. The largest absolute Gasteiger partial charge is 0.389 e. The van der Waals surface area contributed by atoms with E-state index in [1.807, 2.05) is 19.3 Å². The lowest BCUT2D eigenvalue weighted by atomic mass is 10.1. The number of hydrogen-bond acceptors (Lipinski definition) is 3. The molecule has 0 bridgehead atoms. The van der Waals surface area contributed by atoms with Gasteiger partial charge >= 0.3 is 6.03 Å². The fourth-order valence-corrected chi connectivity index (χ4v) is 1.75. The number of carbonyl (C=O) groups is 1. The summed E-state index contributed by atoms with van der Waals surface area (Å²) in [7, 11) is 1.83. The van der Waals surface area contributed by atoms with E-state index in [2.05, 4.69) is 15.7 Å². The number of amides is 2. The van der Waals surface area contributed by atoms with Crippen LogP contribution in [-0.2, 0) is 13.6 Å². The van der Waals surface area contributed by atoms with Crippen LogP contribution >= 0.6 is 0 Å². The molecule has 0 aliphatic carbocycles. The van der Waals surface area contributed by atoms with Crippen molar-refractivity contribution in [1.82, 2.24) is 15.1 Å². The summed E-state index contributed by atoms with van der Waals surface area (Å²) in [5.41, 5.74) is 2.28. The van der Waals surface area contributed by atoms with Gasteiger partial charge in [-0.1, -0.05) is 12.1 Å². The first-order valence-corrected chi connectivity index (χ1v) is 6.36. The molecular formula is C14H18N4O2. The zero-order valence-electron chi connectivity index (χ0n) is 11.5. The number of rotatable bonds is 4. The molecule has 1 heterocycles. The molecule has 1 aromatic heterocycles. The molecule has 6 nitrogen and oxygen atoms in total. The van der Waals surface area contributed by atoms with Crippen LogP contribution in [-0.4, -0.2) is 20.9 Å². The number of anilines is 1. The summed E-state index contributed by atoms with van der Waals surface area (Å²) in [5, 5.41) is 19.0. The third-order valence-electron chi connectivity index (χ3n) is 2.85. The molecule has 2 amide bonds. The van der Waals surface area contributed by atoms with Gasteiger partial charge in [-0.05, 0) is 30.7 Å². The van der Waals surface area contributed by atoms with Crippen molar-refractivity contribution in [3.63, 3.8) is 0 Å². The monoisotopic (exact) mass is 274 g/mol. The van der Waals surface area contributed by atoms with Crippen molar-refractivity contribution in [1.29, 1.82) is 0 Å². The Balaban J connectivity index is 1.84. The molecule has 0 aliphatic rings. The zero-order valence-corrected chi connectivity index (χ0v) is 11.5. The standard InChI is InChI=1S/C14H18N4O2/c1-10(19)11-3-5-12(6-4-11)16-14(20)15-9-13-7-8-18(2)17-13/h3-8,10,19H,9H2,1-2H3,(H2,15,16,20). The van der Waals surface area contributed by atoms with E-state index >= 15 is 0 Å². The molecule has 0 saturated heterocycles. The van der Waals surface area contributed by atoms with Crippen molar-refractivity contribution in [3.05, 3.63) is 47.8 Å². The van der Waals surface area contributed by atoms with Crippen LogP contribution in [0.3, 0.4) is 0 Å². The Labute approximate surface area is 117 Å². The number of aromatic nitrogens is 2. The molecule has 0 saturated carbocycles. The van der Waals surface area contributed by atoms with Crippen LogP contribution in [0.5, 0.6) is 0 Å². The van der Waals surface area contributed by atoms with Gasteiger partial charge in [-0.3, -0.25) is 4.68 Å². The normalized spacial score (nSPS) is 11.9. The second-order valence-corrected chi connectivity index (χ2v) is 4.59. The first-order valence-electron chi connectivity index (χ1n) is 6.36. The van der Waals surface area contributed by atoms with Crippen LogP contribution in [0.4, 0.5) is 10.5 Å². The molecule has 2 aromatic rings. The summed E-state index contributed by atoms with van der Waals surface area (Å²) in [4.78, 5) is 11.7. The predicted molar refractivity (Wildman–Crippen MR) is 76.1 cm³/mol. The van der Waals surface area contributed by atoms with Crippen LogP contribution in [0.1, 0.15) is 24.3 Å². The summed E-state index contributed by atoms with van der Waals surface area (Å²) in [6.45, 7) is 2.07. The highest BCUT2D eigenvalue weighted by Gasteiger charge is 2.04. The fraction of sp³-hybridized carbons (Fsp3) is 0.286. The summed E-state index contributed by atoms with van der Waals surface area (Å²) in [6, 6.07) is 8.61. The van der Waals surface area contributed by atoms with E-state index < -0.39 is 6.10 Å². The minimum atomic E-state index is -0.512. The molecule has 6 heteroatoms. The Bertz CT molecular complexity index is 575. The van der Waals surface area contributed by atoms with Gasteiger partial charge in [0.15, 0.2) is 0 Å². The van der Waals surface area contributed by atoms with Crippen molar-refractivity contribution < 1.29 is 9.90 Å². The third-order valence-corrected chi connectivity index (χ3v) is 2.85. The van der Waals surface area contributed by atoms with E-state index in [-0.39, 0.29) is 6.03 Å². The highest BCUT2D eigenvalue weighted by Crippen LogP contribution is 2.15. The van der Waals surface area contributed by atoms with Gasteiger partial charge in [0.05, 0.1) is 18.3 Å². The SMILES string of the molecule is CC(O)c1ccc(NC(=O)NCc2ccn(C)n2)cc1. The topological polar surface area (TPSA) is 79.2 Å². The van der Waals surface area contributed by atoms with Gasteiger partial charge in [0.25, 0.3) is 0 Å². The van der Waals surface area contributed by atoms with Crippen LogP contribution in [0.2, 0.25) is 0 Å². The van der Waals surface area contributed by atoms with Crippen molar-refractivity contribution in [2.75, 3.05) is 5.32 Å². The third kappa shape index (κ3) is 3.83. The molecule has 0 aliphatic heterocycles. The lowest BCUT2D eigenvalue weighted by molar-refractivity contribution is 0.199. The number of carbonyl (C=O) groups excluding carboxylic acids is 1. The molecule has 0 radical (unpaired) electrons. The summed E-state index contributed by atoms with van der Waals surface area (Å²) < 4.78 is 1.68. The van der Waals surface area contributed by atoms with Crippen molar-refractivity contribution >= 4 is 11.7 Å². The van der Waals surface area contributed by atoms with E-state index in [0.29, 0.717) is 12.2 Å². The highest BCUT2D eigenvalue weighted by atomic mass is 16.3. The van der Waals surface area contributed by atoms with E-state index in [1.165, 1.54) is 0 Å². The number of benzene rings is 1. The molecule has 0 spiro atoms. The van der Waals surface area contributed by atoms with E-state index in [4.69, 9.17) is 0 Å². The van der Waals surface area contributed by atoms with Crippen LogP contribution in [0.25, 0.3) is 0 Å². The number of urea groups is 1. The molecule has 2 rings (SSSR count). The lowest BCUT2D eigenvalue weighted by Crippen LogP contribution is -2.28. The first kappa shape index (κ1) is 14.1. The lowest BCUT2D eigenvalue weighted by Gasteiger charge is -2.08. The summed E-state index contributed by atoms with van der Waals surface area (Å²) in [6.07, 6.45) is 1.31. The van der Waals surface area contributed by atoms with Gasteiger partial charge in [0.1, 0.15) is 0 Å². The number of aliphatic hydroxyl groups is 1. The smallest absolute Gasteiger partial charge is 0.319 e. The Morgan fingerprint density at radius 1 is 1.35 bits per heavy atom. The number of aliphatic hydroxyl groups excluding tert-OH is 1. The molecule has 1 unspecified atom stereocenters. The van der Waals surface area contributed by atoms with Gasteiger partial charge in [-0.15, -0.1) is 0 Å². The highest BCUT2D eigenvalue weighted by molar-refractivity contribution is 5.89. The maximum Gasteiger partial charge on any atom is 0.319 e. The average molecular weight is 274 g/mol. The summed E-state index contributed by atoms with van der Waals surface area (Å²) >= 11 is 0. The van der Waals surface area contributed by atoms with Gasteiger partial charge < -0.3 is 15.7 Å². The molecule has 20 heavy (non-hydrogen) atoms. The second kappa shape index (κ2) is 6.21. The van der Waals surface area contributed by atoms with Crippen LogP contribution < -0.4 is 10.6 Å². The maximum atomic E-state index is 11.7. The number of hydrogen-bond donors (Lipinski definition) is 3. The zero-order chi connectivity index (χ0) is 14.5. The van der Waals surface area contributed by atoms with Crippen molar-refractivity contribution in [3.8, 4) is 0 Å². The minimum absolute atomic E-state index is 0.291. The maximum absolute atomic E-state index is 11.7. The Morgan fingerprint density at radius 2 is 2.05 bits per heavy atom. The Morgan fingerprint density at radius 3 is 2.60 bits per heavy atom. The minimum Gasteiger partial charge on any atom is -0.389 e. The molecule has 0 fully saturated rings. The quantitative estimate of drug-likeness (QED) is 0.795. The number of nitrogens with zero attached hydrogens (tertiary/aromatic N) is 2. The van der Waals surface area contributed by atoms with Crippen LogP contribution in [0.15, 0.2) is 36.5 Å². The van der Waals surface area contributed by atoms with E-state index in [9.17, 15) is 9.90 Å². The second-order valence-electron chi connectivity index (χ2n) is 4.59. The molecule has 1 aromatic carbocycles. The van der Waals surface area contributed by atoms with Crippen molar-refractivity contribution in [2.45, 2.75) is 19.6 Å². The Kier molecular flexibility index (Phi) is 4.37. The molecule has 1 atom stereocenters. The van der Waals surface area contributed by atoms with E-state index in [1.54, 1.807) is 35.9 Å². The van der Waals surface area contributed by atoms with Gasteiger partial charge in [0.2, 0.25) is 0 Å². The van der Waals surface area contributed by atoms with Crippen LogP contribution in [0, 0.1) is 0 Å². The van der Waals surface area contributed by atoms with Crippen molar-refractivity contribution in [2.24, 2.45) is 7.05 Å². The van der Waals surface area contributed by atoms with Gasteiger partial charge in [-0.2, -0.15) is 5.10 Å². The van der Waals surface area contributed by atoms with Gasteiger partial charge in [-0.25, -0.2) is 4.79 Å². The molecule has 3 N–H and O–H groups in total. The molecular weight excluding hydrogens is 256 g/mol.